The van der Waals surface area contributed by atoms with Crippen molar-refractivity contribution in [1.82, 2.24) is 4.98 Å². The van der Waals surface area contributed by atoms with Crippen LogP contribution in [0.5, 0.6) is 11.6 Å². The normalized spacial score (nSPS) is 10.8. The molecule has 1 heterocycles. The highest BCUT2D eigenvalue weighted by Gasteiger charge is 2.30. The molecule has 0 aliphatic heterocycles. The van der Waals surface area contributed by atoms with Crippen molar-refractivity contribution in [2.24, 2.45) is 0 Å². The molecule has 0 radical (unpaired) electrons. The van der Waals surface area contributed by atoms with Crippen molar-refractivity contribution in [1.29, 1.82) is 5.26 Å². The molecule has 0 N–H and O–H groups in total. The first-order valence-corrected chi connectivity index (χ1v) is 5.21. The Morgan fingerprint density at radius 2 is 1.84 bits per heavy atom. The van der Waals surface area contributed by atoms with Gasteiger partial charge >= 0.3 is 6.18 Å². The number of pyridine rings is 1. The fourth-order valence-electron chi connectivity index (χ4n) is 1.37. The van der Waals surface area contributed by atoms with Crippen LogP contribution >= 0.6 is 0 Å². The number of ether oxygens (including phenoxy) is 1. The number of para-hydroxylation sites is 1. The van der Waals surface area contributed by atoms with E-state index in [1.54, 1.807) is 18.2 Å². The predicted molar refractivity (Wildman–Crippen MR) is 60.5 cm³/mol. The molecule has 0 bridgehead atoms. The second-order valence-electron chi connectivity index (χ2n) is 3.59. The van der Waals surface area contributed by atoms with E-state index in [-0.39, 0.29) is 17.2 Å². The molecule has 0 spiro atoms. The van der Waals surface area contributed by atoms with Crippen molar-refractivity contribution in [3.05, 3.63) is 53.7 Å². The summed E-state index contributed by atoms with van der Waals surface area (Å²) < 4.78 is 42.3. The Balaban J connectivity index is 2.23. The van der Waals surface area contributed by atoms with E-state index in [1.165, 1.54) is 6.07 Å². The Kier molecular flexibility index (Phi) is 3.38. The van der Waals surface area contributed by atoms with Gasteiger partial charge in [0.2, 0.25) is 5.88 Å². The van der Waals surface area contributed by atoms with E-state index in [0.717, 1.165) is 12.1 Å². The van der Waals surface area contributed by atoms with Gasteiger partial charge in [0, 0.05) is 12.3 Å². The zero-order chi connectivity index (χ0) is 13.9. The van der Waals surface area contributed by atoms with Gasteiger partial charge in [-0.25, -0.2) is 4.98 Å². The van der Waals surface area contributed by atoms with Crippen molar-refractivity contribution in [3.63, 3.8) is 0 Å². The van der Waals surface area contributed by atoms with Crippen molar-refractivity contribution in [3.8, 4) is 17.7 Å². The summed E-state index contributed by atoms with van der Waals surface area (Å²) in [4.78, 5) is 3.56. The number of nitrogens with zero attached hydrogens (tertiary/aromatic N) is 2. The molecule has 19 heavy (non-hydrogen) atoms. The van der Waals surface area contributed by atoms with Crippen LogP contribution in [0.3, 0.4) is 0 Å². The molecule has 1 aromatic heterocycles. The zero-order valence-corrected chi connectivity index (χ0v) is 9.48. The van der Waals surface area contributed by atoms with Gasteiger partial charge in [-0.3, -0.25) is 0 Å². The summed E-state index contributed by atoms with van der Waals surface area (Å²) in [7, 11) is 0. The van der Waals surface area contributed by atoms with Crippen LogP contribution in [0, 0.1) is 11.3 Å². The fourth-order valence-corrected chi connectivity index (χ4v) is 1.37. The smallest absolute Gasteiger partial charge is 0.417 e. The summed E-state index contributed by atoms with van der Waals surface area (Å²) in [6.45, 7) is 0. The minimum Gasteiger partial charge on any atom is -0.438 e. The number of rotatable bonds is 2. The number of alkyl halides is 3. The number of aromatic nitrogens is 1. The Labute approximate surface area is 106 Å². The van der Waals surface area contributed by atoms with Gasteiger partial charge in [0.25, 0.3) is 0 Å². The minimum atomic E-state index is -4.43. The van der Waals surface area contributed by atoms with E-state index in [0.29, 0.717) is 6.20 Å². The maximum Gasteiger partial charge on any atom is 0.417 e. The van der Waals surface area contributed by atoms with Crippen LogP contribution in [0.25, 0.3) is 0 Å². The van der Waals surface area contributed by atoms with Gasteiger partial charge in [0.05, 0.1) is 11.1 Å². The lowest BCUT2D eigenvalue weighted by Crippen LogP contribution is -2.05. The highest BCUT2D eigenvalue weighted by atomic mass is 19.4. The van der Waals surface area contributed by atoms with Crippen LogP contribution in [0.1, 0.15) is 11.1 Å². The summed E-state index contributed by atoms with van der Waals surface area (Å²) in [6.07, 6.45) is -3.75. The van der Waals surface area contributed by atoms with Gasteiger partial charge in [-0.2, -0.15) is 18.4 Å². The lowest BCUT2D eigenvalue weighted by Gasteiger charge is -2.08. The summed E-state index contributed by atoms with van der Waals surface area (Å²) in [5.74, 6) is 0.243. The molecule has 2 aromatic rings. The maximum atomic E-state index is 12.3. The van der Waals surface area contributed by atoms with E-state index in [4.69, 9.17) is 10.00 Å². The van der Waals surface area contributed by atoms with Gasteiger partial charge < -0.3 is 4.74 Å². The maximum absolute atomic E-state index is 12.3. The molecule has 0 amide bonds. The SMILES string of the molecule is N#Cc1ccccc1Oc1ccc(C(F)(F)F)cn1. The van der Waals surface area contributed by atoms with Gasteiger partial charge in [0.15, 0.2) is 0 Å². The third-order valence-electron chi connectivity index (χ3n) is 2.29. The number of nitriles is 1. The number of hydrogen-bond acceptors (Lipinski definition) is 3. The first-order valence-electron chi connectivity index (χ1n) is 5.21. The van der Waals surface area contributed by atoms with Crippen LogP contribution in [0.4, 0.5) is 13.2 Å². The van der Waals surface area contributed by atoms with Crippen LogP contribution in [0.15, 0.2) is 42.6 Å². The first-order chi connectivity index (χ1) is 9.00. The molecular formula is C13H7F3N2O. The summed E-state index contributed by atoms with van der Waals surface area (Å²) in [5.41, 5.74) is -0.572. The lowest BCUT2D eigenvalue weighted by atomic mass is 10.2. The van der Waals surface area contributed by atoms with E-state index in [2.05, 4.69) is 4.98 Å². The standard InChI is InChI=1S/C13H7F3N2O/c14-13(15,16)10-5-6-12(18-8-10)19-11-4-2-1-3-9(11)7-17/h1-6,8H. The average molecular weight is 264 g/mol. The van der Waals surface area contributed by atoms with Crippen LogP contribution in [0.2, 0.25) is 0 Å². The second-order valence-corrected chi connectivity index (χ2v) is 3.59. The van der Waals surface area contributed by atoms with Crippen molar-refractivity contribution < 1.29 is 17.9 Å². The molecular weight excluding hydrogens is 257 g/mol. The number of benzene rings is 1. The summed E-state index contributed by atoms with van der Waals surface area (Å²) in [6, 6.07) is 10.3. The molecule has 2 rings (SSSR count). The molecule has 0 unspecified atom stereocenters. The zero-order valence-electron chi connectivity index (χ0n) is 9.48. The predicted octanol–water partition coefficient (Wildman–Crippen LogP) is 3.76. The minimum absolute atomic E-state index is 0.00398. The molecule has 96 valence electrons. The largest absolute Gasteiger partial charge is 0.438 e. The van der Waals surface area contributed by atoms with Crippen molar-refractivity contribution >= 4 is 0 Å². The van der Waals surface area contributed by atoms with Crippen LogP contribution in [-0.4, -0.2) is 4.98 Å². The first kappa shape index (κ1) is 12.9. The molecule has 6 heteroatoms. The van der Waals surface area contributed by atoms with E-state index < -0.39 is 11.7 Å². The number of halogens is 3. The van der Waals surface area contributed by atoms with E-state index >= 15 is 0 Å². The lowest BCUT2D eigenvalue weighted by molar-refractivity contribution is -0.137. The monoisotopic (exact) mass is 264 g/mol. The summed E-state index contributed by atoms with van der Waals surface area (Å²) >= 11 is 0. The quantitative estimate of drug-likeness (QED) is 0.829. The molecule has 0 atom stereocenters. The molecule has 0 aliphatic rings. The molecule has 1 aromatic carbocycles. The van der Waals surface area contributed by atoms with Crippen molar-refractivity contribution in [2.45, 2.75) is 6.18 Å². The Morgan fingerprint density at radius 3 is 2.42 bits per heavy atom. The van der Waals surface area contributed by atoms with Crippen LogP contribution in [-0.2, 0) is 6.18 Å². The van der Waals surface area contributed by atoms with Crippen LogP contribution < -0.4 is 4.74 Å². The summed E-state index contributed by atoms with van der Waals surface area (Å²) in [5, 5.41) is 8.85. The average Bonchev–Trinajstić information content (AvgIpc) is 2.39. The van der Waals surface area contributed by atoms with Crippen molar-refractivity contribution in [2.75, 3.05) is 0 Å². The Hall–Kier alpha value is -2.55. The molecule has 3 nitrogen and oxygen atoms in total. The van der Waals surface area contributed by atoms with E-state index in [1.807, 2.05) is 6.07 Å². The van der Waals surface area contributed by atoms with Gasteiger partial charge in [-0.05, 0) is 18.2 Å². The number of hydrogen-bond donors (Lipinski definition) is 0. The Bertz CT molecular complexity index is 615. The molecule has 0 saturated carbocycles. The fraction of sp³-hybridized carbons (Fsp3) is 0.0769. The molecule has 0 fully saturated rings. The molecule has 0 aliphatic carbocycles. The van der Waals surface area contributed by atoms with Gasteiger partial charge in [-0.15, -0.1) is 0 Å². The van der Waals surface area contributed by atoms with Gasteiger partial charge in [0.1, 0.15) is 11.8 Å². The van der Waals surface area contributed by atoms with E-state index in [9.17, 15) is 13.2 Å². The van der Waals surface area contributed by atoms with Gasteiger partial charge in [-0.1, -0.05) is 12.1 Å². The molecule has 0 saturated heterocycles. The second kappa shape index (κ2) is 4.98. The third-order valence-corrected chi connectivity index (χ3v) is 2.29. The topological polar surface area (TPSA) is 45.9 Å². The third kappa shape index (κ3) is 3.01. The highest BCUT2D eigenvalue weighted by molar-refractivity contribution is 5.44. The highest BCUT2D eigenvalue weighted by Crippen LogP contribution is 2.30. The Morgan fingerprint density at radius 1 is 1.11 bits per heavy atom.